The Labute approximate surface area is 177 Å². The summed E-state index contributed by atoms with van der Waals surface area (Å²) in [4.78, 5) is 17.3. The van der Waals surface area contributed by atoms with Crippen LogP contribution in [0.15, 0.2) is 72.8 Å². The molecular weight excluding hydrogens is 370 g/mol. The SMILES string of the molecule is CCNC(=O)c1ccc2nc(-c3ccc(C(C)C)cc3)n(Cc3ccccc3)c2c1. The highest BCUT2D eigenvalue weighted by Gasteiger charge is 2.16. The zero-order chi connectivity index (χ0) is 21.1. The molecule has 0 saturated carbocycles. The summed E-state index contributed by atoms with van der Waals surface area (Å²) in [5, 5.41) is 2.88. The van der Waals surface area contributed by atoms with Gasteiger partial charge in [-0.05, 0) is 42.2 Å². The summed E-state index contributed by atoms with van der Waals surface area (Å²) in [5.74, 6) is 1.34. The van der Waals surface area contributed by atoms with Crippen LogP contribution in [0.3, 0.4) is 0 Å². The number of carbonyl (C=O) groups excluding carboxylic acids is 1. The van der Waals surface area contributed by atoms with Gasteiger partial charge in [-0.15, -0.1) is 0 Å². The average molecular weight is 398 g/mol. The first kappa shape index (κ1) is 19.9. The van der Waals surface area contributed by atoms with Crippen molar-refractivity contribution in [2.24, 2.45) is 0 Å². The van der Waals surface area contributed by atoms with E-state index in [1.54, 1.807) is 0 Å². The highest BCUT2D eigenvalue weighted by Crippen LogP contribution is 2.28. The molecule has 0 spiro atoms. The Morgan fingerprint density at radius 1 is 1.00 bits per heavy atom. The fourth-order valence-electron chi connectivity index (χ4n) is 3.69. The quantitative estimate of drug-likeness (QED) is 0.459. The summed E-state index contributed by atoms with van der Waals surface area (Å²) in [6.07, 6.45) is 0. The maximum atomic E-state index is 12.4. The molecular formula is C26H27N3O. The Balaban J connectivity index is 1.85. The van der Waals surface area contributed by atoms with Crippen LogP contribution in [0, 0.1) is 0 Å². The van der Waals surface area contributed by atoms with Crippen molar-refractivity contribution in [2.75, 3.05) is 6.54 Å². The van der Waals surface area contributed by atoms with Crippen molar-refractivity contribution in [1.29, 1.82) is 0 Å². The second-order valence-corrected chi connectivity index (χ2v) is 7.85. The van der Waals surface area contributed by atoms with Crippen LogP contribution in [0.5, 0.6) is 0 Å². The molecule has 1 heterocycles. The number of nitrogens with zero attached hydrogens (tertiary/aromatic N) is 2. The number of imidazole rings is 1. The zero-order valence-corrected chi connectivity index (χ0v) is 17.7. The first-order valence-corrected chi connectivity index (χ1v) is 10.5. The first-order chi connectivity index (χ1) is 14.6. The van der Waals surface area contributed by atoms with Gasteiger partial charge in [-0.25, -0.2) is 4.98 Å². The van der Waals surface area contributed by atoms with Gasteiger partial charge in [0, 0.05) is 24.2 Å². The van der Waals surface area contributed by atoms with E-state index in [9.17, 15) is 4.79 Å². The normalized spacial score (nSPS) is 11.2. The van der Waals surface area contributed by atoms with E-state index in [1.165, 1.54) is 11.1 Å². The number of amides is 1. The van der Waals surface area contributed by atoms with Crippen LogP contribution in [0.2, 0.25) is 0 Å². The van der Waals surface area contributed by atoms with Gasteiger partial charge in [-0.1, -0.05) is 68.4 Å². The molecule has 3 aromatic carbocycles. The molecule has 0 saturated heterocycles. The predicted molar refractivity (Wildman–Crippen MR) is 123 cm³/mol. The second-order valence-electron chi connectivity index (χ2n) is 7.85. The van der Waals surface area contributed by atoms with Gasteiger partial charge in [0.1, 0.15) is 5.82 Å². The number of aromatic nitrogens is 2. The van der Waals surface area contributed by atoms with Crippen LogP contribution >= 0.6 is 0 Å². The Morgan fingerprint density at radius 3 is 2.40 bits per heavy atom. The topological polar surface area (TPSA) is 46.9 Å². The molecule has 4 rings (SSSR count). The van der Waals surface area contributed by atoms with Crippen LogP contribution in [-0.4, -0.2) is 22.0 Å². The smallest absolute Gasteiger partial charge is 0.251 e. The number of rotatable bonds is 6. The molecule has 4 nitrogen and oxygen atoms in total. The van der Waals surface area contributed by atoms with Crippen molar-refractivity contribution in [3.8, 4) is 11.4 Å². The molecule has 1 N–H and O–H groups in total. The van der Waals surface area contributed by atoms with Crippen molar-refractivity contribution in [2.45, 2.75) is 33.2 Å². The largest absolute Gasteiger partial charge is 0.352 e. The summed E-state index contributed by atoms with van der Waals surface area (Å²) < 4.78 is 2.21. The minimum Gasteiger partial charge on any atom is -0.352 e. The fourth-order valence-corrected chi connectivity index (χ4v) is 3.69. The Kier molecular flexibility index (Phi) is 5.66. The van der Waals surface area contributed by atoms with Crippen LogP contribution in [-0.2, 0) is 6.54 Å². The molecule has 0 aliphatic carbocycles. The molecule has 0 radical (unpaired) electrons. The summed E-state index contributed by atoms with van der Waals surface area (Å²) in [6, 6.07) is 24.7. The number of nitrogens with one attached hydrogen (secondary N) is 1. The van der Waals surface area contributed by atoms with Crippen LogP contribution in [0.1, 0.15) is 48.2 Å². The molecule has 4 heteroatoms. The lowest BCUT2D eigenvalue weighted by molar-refractivity contribution is 0.0956. The zero-order valence-electron chi connectivity index (χ0n) is 17.7. The van der Waals surface area contributed by atoms with E-state index in [0.717, 1.165) is 22.4 Å². The predicted octanol–water partition coefficient (Wildman–Crippen LogP) is 5.62. The van der Waals surface area contributed by atoms with Crippen molar-refractivity contribution in [3.63, 3.8) is 0 Å². The van der Waals surface area contributed by atoms with Gasteiger partial charge >= 0.3 is 0 Å². The highest BCUT2D eigenvalue weighted by atomic mass is 16.1. The van der Waals surface area contributed by atoms with E-state index in [-0.39, 0.29) is 5.91 Å². The monoisotopic (exact) mass is 397 g/mol. The standard InChI is InChI=1S/C26H27N3O/c1-4-27-26(30)22-14-15-23-24(16-22)29(17-19-8-6-5-7-9-19)25(28-23)21-12-10-20(11-13-21)18(2)3/h5-16,18H,4,17H2,1-3H3,(H,27,30). The third-order valence-electron chi connectivity index (χ3n) is 5.37. The Hall–Kier alpha value is -3.40. The van der Waals surface area contributed by atoms with Crippen LogP contribution in [0.4, 0.5) is 0 Å². The number of hydrogen-bond acceptors (Lipinski definition) is 2. The molecule has 30 heavy (non-hydrogen) atoms. The van der Waals surface area contributed by atoms with Crippen LogP contribution in [0.25, 0.3) is 22.4 Å². The molecule has 0 atom stereocenters. The lowest BCUT2D eigenvalue weighted by atomic mass is 10.0. The van der Waals surface area contributed by atoms with E-state index in [0.29, 0.717) is 24.6 Å². The average Bonchev–Trinajstić information content (AvgIpc) is 3.12. The maximum absolute atomic E-state index is 12.4. The number of benzene rings is 3. The lowest BCUT2D eigenvalue weighted by Crippen LogP contribution is -2.22. The minimum atomic E-state index is -0.0605. The number of hydrogen-bond donors (Lipinski definition) is 1. The van der Waals surface area contributed by atoms with Gasteiger partial charge in [-0.3, -0.25) is 4.79 Å². The molecule has 0 fully saturated rings. The molecule has 0 aliphatic heterocycles. The van der Waals surface area contributed by atoms with Gasteiger partial charge in [0.15, 0.2) is 0 Å². The van der Waals surface area contributed by atoms with Crippen molar-refractivity contribution >= 4 is 16.9 Å². The van der Waals surface area contributed by atoms with E-state index < -0.39 is 0 Å². The first-order valence-electron chi connectivity index (χ1n) is 10.5. The number of fused-ring (bicyclic) bond motifs is 1. The third-order valence-corrected chi connectivity index (χ3v) is 5.37. The minimum absolute atomic E-state index is 0.0605. The van der Waals surface area contributed by atoms with E-state index in [4.69, 9.17) is 4.98 Å². The summed E-state index contributed by atoms with van der Waals surface area (Å²) in [5.41, 5.74) is 6.09. The fraction of sp³-hybridized carbons (Fsp3) is 0.231. The molecule has 4 aromatic rings. The van der Waals surface area contributed by atoms with E-state index >= 15 is 0 Å². The van der Waals surface area contributed by atoms with E-state index in [1.807, 2.05) is 43.3 Å². The molecule has 152 valence electrons. The molecule has 1 amide bonds. The van der Waals surface area contributed by atoms with Gasteiger partial charge < -0.3 is 9.88 Å². The van der Waals surface area contributed by atoms with E-state index in [2.05, 4.69) is 60.1 Å². The third kappa shape index (κ3) is 3.99. The summed E-state index contributed by atoms with van der Waals surface area (Å²) >= 11 is 0. The lowest BCUT2D eigenvalue weighted by Gasteiger charge is -2.11. The Morgan fingerprint density at radius 2 is 1.73 bits per heavy atom. The molecule has 0 bridgehead atoms. The second kappa shape index (κ2) is 8.54. The summed E-state index contributed by atoms with van der Waals surface area (Å²) in [7, 11) is 0. The van der Waals surface area contributed by atoms with Gasteiger partial charge in [0.2, 0.25) is 0 Å². The van der Waals surface area contributed by atoms with Crippen LogP contribution < -0.4 is 5.32 Å². The van der Waals surface area contributed by atoms with Gasteiger partial charge in [-0.2, -0.15) is 0 Å². The maximum Gasteiger partial charge on any atom is 0.251 e. The van der Waals surface area contributed by atoms with Crippen molar-refractivity contribution in [1.82, 2.24) is 14.9 Å². The Bertz CT molecular complexity index is 1160. The van der Waals surface area contributed by atoms with Gasteiger partial charge in [0.25, 0.3) is 5.91 Å². The summed E-state index contributed by atoms with van der Waals surface area (Å²) in [6.45, 7) is 7.62. The van der Waals surface area contributed by atoms with Crippen molar-refractivity contribution < 1.29 is 4.79 Å². The highest BCUT2D eigenvalue weighted by molar-refractivity contribution is 5.97. The molecule has 0 aliphatic rings. The molecule has 1 aromatic heterocycles. The van der Waals surface area contributed by atoms with Gasteiger partial charge in [0.05, 0.1) is 11.0 Å². The molecule has 0 unspecified atom stereocenters. The number of carbonyl (C=O) groups is 1. The van der Waals surface area contributed by atoms with Crippen molar-refractivity contribution in [3.05, 3.63) is 89.5 Å².